The van der Waals surface area contributed by atoms with Gasteiger partial charge >= 0.3 is 0 Å². The summed E-state index contributed by atoms with van der Waals surface area (Å²) in [4.78, 5) is 2.58. The van der Waals surface area contributed by atoms with Crippen molar-refractivity contribution >= 4 is 5.65 Å². The van der Waals surface area contributed by atoms with E-state index in [0.717, 1.165) is 74.8 Å². The van der Waals surface area contributed by atoms with Gasteiger partial charge in [-0.05, 0) is 61.7 Å². The van der Waals surface area contributed by atoms with Crippen LogP contribution in [0, 0.1) is 0 Å². The van der Waals surface area contributed by atoms with Gasteiger partial charge in [0.1, 0.15) is 5.75 Å². The molecular formula is C24H31N5O. The molecule has 0 spiro atoms. The number of likely N-dealkylation sites (tertiary alicyclic amines) is 1. The normalized spacial score (nSPS) is 18.0. The molecule has 158 valence electrons. The first kappa shape index (κ1) is 19.5. The summed E-state index contributed by atoms with van der Waals surface area (Å²) in [5, 5.41) is 13.8. The SMILES string of the molecule is CC(C)(C)c1ccc2nnc(C3CCN(CCc4ccc5c(c4)CCO5)CC3)n2n1. The molecule has 2 aromatic heterocycles. The van der Waals surface area contributed by atoms with Gasteiger partial charge in [-0.3, -0.25) is 0 Å². The molecule has 0 saturated carbocycles. The molecule has 0 amide bonds. The fourth-order valence-electron chi connectivity index (χ4n) is 4.56. The Morgan fingerprint density at radius 3 is 2.70 bits per heavy atom. The zero-order valence-electron chi connectivity index (χ0n) is 18.3. The minimum absolute atomic E-state index is 0.0166. The Balaban J connectivity index is 1.22. The van der Waals surface area contributed by atoms with Crippen LogP contribution < -0.4 is 4.74 Å². The molecule has 6 nitrogen and oxygen atoms in total. The quantitative estimate of drug-likeness (QED) is 0.661. The van der Waals surface area contributed by atoms with E-state index in [1.807, 2.05) is 10.6 Å². The molecule has 2 aliphatic rings. The smallest absolute Gasteiger partial charge is 0.177 e. The Labute approximate surface area is 178 Å². The highest BCUT2D eigenvalue weighted by Gasteiger charge is 2.26. The van der Waals surface area contributed by atoms with E-state index >= 15 is 0 Å². The van der Waals surface area contributed by atoms with Gasteiger partial charge in [-0.1, -0.05) is 32.9 Å². The summed E-state index contributed by atoms with van der Waals surface area (Å²) < 4.78 is 7.60. The van der Waals surface area contributed by atoms with E-state index < -0.39 is 0 Å². The predicted molar refractivity (Wildman–Crippen MR) is 117 cm³/mol. The van der Waals surface area contributed by atoms with Crippen LogP contribution in [0.25, 0.3) is 5.65 Å². The number of aromatic nitrogens is 4. The lowest BCUT2D eigenvalue weighted by atomic mass is 9.92. The largest absolute Gasteiger partial charge is 0.493 e. The standard InChI is InChI=1S/C24H31N5O/c1-24(2,3)21-6-7-22-25-26-23(29(22)27-21)18-9-13-28(14-10-18)12-8-17-4-5-20-19(16-17)11-15-30-20/h4-7,16,18H,8-15H2,1-3H3. The number of hydrogen-bond acceptors (Lipinski definition) is 5. The van der Waals surface area contributed by atoms with Crippen LogP contribution in [0.4, 0.5) is 0 Å². The van der Waals surface area contributed by atoms with Gasteiger partial charge in [-0.2, -0.15) is 9.61 Å². The number of nitrogens with zero attached hydrogens (tertiary/aromatic N) is 5. The molecule has 0 unspecified atom stereocenters. The third-order valence-corrected chi connectivity index (χ3v) is 6.48. The number of rotatable bonds is 4. The summed E-state index contributed by atoms with van der Waals surface area (Å²) in [6.45, 7) is 10.7. The van der Waals surface area contributed by atoms with Crippen molar-refractivity contribution in [1.29, 1.82) is 0 Å². The van der Waals surface area contributed by atoms with Gasteiger partial charge in [0.05, 0.1) is 12.3 Å². The van der Waals surface area contributed by atoms with Crippen LogP contribution in [-0.2, 0) is 18.3 Å². The molecule has 0 atom stereocenters. The maximum absolute atomic E-state index is 5.62. The van der Waals surface area contributed by atoms with Gasteiger partial charge in [0.15, 0.2) is 11.5 Å². The highest BCUT2D eigenvalue weighted by atomic mass is 16.5. The summed E-state index contributed by atoms with van der Waals surface area (Å²) in [5.74, 6) is 2.52. The first-order valence-corrected chi connectivity index (χ1v) is 11.2. The molecule has 0 bridgehead atoms. The summed E-state index contributed by atoms with van der Waals surface area (Å²) in [5.41, 5.74) is 4.73. The molecule has 0 radical (unpaired) electrons. The molecule has 30 heavy (non-hydrogen) atoms. The Bertz CT molecular complexity index is 1040. The lowest BCUT2D eigenvalue weighted by Gasteiger charge is -2.31. The summed E-state index contributed by atoms with van der Waals surface area (Å²) in [7, 11) is 0. The van der Waals surface area contributed by atoms with E-state index in [-0.39, 0.29) is 5.41 Å². The average molecular weight is 406 g/mol. The second-order valence-electron chi connectivity index (χ2n) is 9.70. The maximum atomic E-state index is 5.62. The predicted octanol–water partition coefficient (Wildman–Crippen LogP) is 3.78. The van der Waals surface area contributed by atoms with Crippen molar-refractivity contribution in [3.63, 3.8) is 0 Å². The van der Waals surface area contributed by atoms with Gasteiger partial charge in [0.2, 0.25) is 0 Å². The van der Waals surface area contributed by atoms with E-state index in [9.17, 15) is 0 Å². The molecule has 2 aliphatic heterocycles. The van der Waals surface area contributed by atoms with Crippen molar-refractivity contribution in [2.45, 2.75) is 57.8 Å². The number of fused-ring (bicyclic) bond motifs is 2. The third kappa shape index (κ3) is 3.81. The average Bonchev–Trinajstić information content (AvgIpc) is 3.38. The van der Waals surface area contributed by atoms with Crippen LogP contribution in [0.15, 0.2) is 30.3 Å². The number of piperidine rings is 1. The molecule has 6 heteroatoms. The van der Waals surface area contributed by atoms with Crippen LogP contribution >= 0.6 is 0 Å². The molecule has 0 N–H and O–H groups in total. The Morgan fingerprint density at radius 1 is 1.07 bits per heavy atom. The van der Waals surface area contributed by atoms with E-state index in [2.05, 4.69) is 60.1 Å². The van der Waals surface area contributed by atoms with E-state index in [1.165, 1.54) is 11.1 Å². The van der Waals surface area contributed by atoms with Crippen LogP contribution in [-0.4, -0.2) is 51.0 Å². The Morgan fingerprint density at radius 2 is 1.90 bits per heavy atom. The molecular weight excluding hydrogens is 374 g/mol. The van der Waals surface area contributed by atoms with Gasteiger partial charge in [0.25, 0.3) is 0 Å². The molecule has 4 heterocycles. The summed E-state index contributed by atoms with van der Waals surface area (Å²) in [6, 6.07) is 10.8. The number of hydrogen-bond donors (Lipinski definition) is 0. The van der Waals surface area contributed by atoms with Gasteiger partial charge in [-0.25, -0.2) is 0 Å². The molecule has 1 saturated heterocycles. The van der Waals surface area contributed by atoms with Crippen LogP contribution in [0.2, 0.25) is 0 Å². The van der Waals surface area contributed by atoms with Gasteiger partial charge in [0, 0.05) is 24.3 Å². The van der Waals surface area contributed by atoms with Crippen LogP contribution in [0.1, 0.15) is 62.2 Å². The molecule has 3 aromatic rings. The van der Waals surface area contributed by atoms with E-state index in [1.54, 1.807) is 0 Å². The molecule has 1 aromatic carbocycles. The Kier molecular flexibility index (Phi) is 4.97. The fraction of sp³-hybridized carbons (Fsp3) is 0.542. The van der Waals surface area contributed by atoms with Crippen molar-refractivity contribution in [3.8, 4) is 5.75 Å². The zero-order valence-corrected chi connectivity index (χ0v) is 18.3. The van der Waals surface area contributed by atoms with Gasteiger partial charge < -0.3 is 9.64 Å². The maximum Gasteiger partial charge on any atom is 0.177 e. The summed E-state index contributed by atoms with van der Waals surface area (Å²) in [6.07, 6.45) is 4.37. The van der Waals surface area contributed by atoms with Gasteiger partial charge in [-0.15, -0.1) is 10.2 Å². The van der Waals surface area contributed by atoms with Crippen LogP contribution in [0.3, 0.4) is 0 Å². The topological polar surface area (TPSA) is 55.5 Å². The van der Waals surface area contributed by atoms with Crippen LogP contribution in [0.5, 0.6) is 5.75 Å². The minimum Gasteiger partial charge on any atom is -0.493 e. The highest BCUT2D eigenvalue weighted by Crippen LogP contribution is 2.29. The highest BCUT2D eigenvalue weighted by molar-refractivity contribution is 5.40. The van der Waals surface area contributed by atoms with E-state index in [0.29, 0.717) is 5.92 Å². The fourth-order valence-corrected chi connectivity index (χ4v) is 4.56. The van der Waals surface area contributed by atoms with Crippen molar-refractivity contribution in [3.05, 3.63) is 53.0 Å². The Hall–Kier alpha value is -2.47. The third-order valence-electron chi connectivity index (χ3n) is 6.48. The monoisotopic (exact) mass is 405 g/mol. The second kappa shape index (κ2) is 7.65. The first-order chi connectivity index (χ1) is 14.5. The molecule has 5 rings (SSSR count). The number of ether oxygens (including phenoxy) is 1. The summed E-state index contributed by atoms with van der Waals surface area (Å²) >= 11 is 0. The number of benzene rings is 1. The molecule has 0 aliphatic carbocycles. The first-order valence-electron chi connectivity index (χ1n) is 11.2. The van der Waals surface area contributed by atoms with Crippen molar-refractivity contribution in [2.24, 2.45) is 0 Å². The second-order valence-corrected chi connectivity index (χ2v) is 9.70. The van der Waals surface area contributed by atoms with Crippen molar-refractivity contribution in [1.82, 2.24) is 24.7 Å². The zero-order chi connectivity index (χ0) is 20.7. The lowest BCUT2D eigenvalue weighted by Crippen LogP contribution is -2.35. The van der Waals surface area contributed by atoms with Crippen molar-refractivity contribution < 1.29 is 4.74 Å². The minimum atomic E-state index is 0.0166. The van der Waals surface area contributed by atoms with E-state index in [4.69, 9.17) is 9.84 Å². The lowest BCUT2D eigenvalue weighted by molar-refractivity contribution is 0.210. The van der Waals surface area contributed by atoms with Crippen molar-refractivity contribution in [2.75, 3.05) is 26.2 Å². The molecule has 1 fully saturated rings.